The summed E-state index contributed by atoms with van der Waals surface area (Å²) in [4.78, 5) is 33.8. The Kier molecular flexibility index (Phi) is 2.60. The van der Waals surface area contributed by atoms with E-state index in [9.17, 15) is 19.7 Å². The molecular formula is C11H16N2O5. The van der Waals surface area contributed by atoms with E-state index in [0.717, 1.165) is 0 Å². The number of hydrogen-bond acceptors (Lipinski definition) is 5. The van der Waals surface area contributed by atoms with Crippen molar-refractivity contribution < 1.29 is 19.2 Å². The van der Waals surface area contributed by atoms with Gasteiger partial charge in [0, 0.05) is 17.3 Å². The number of carbonyl (C=O) groups is 2. The highest BCUT2D eigenvalue weighted by atomic mass is 16.6. The monoisotopic (exact) mass is 256 g/mol. The molecule has 0 bridgehead atoms. The maximum atomic E-state index is 11.8. The van der Waals surface area contributed by atoms with Crippen LogP contribution in [-0.4, -0.2) is 34.0 Å². The normalized spacial score (nSPS) is 34.3. The third-order valence-electron chi connectivity index (χ3n) is 3.31. The predicted molar refractivity (Wildman–Crippen MR) is 60.2 cm³/mol. The van der Waals surface area contributed by atoms with Gasteiger partial charge in [-0.2, -0.15) is 0 Å². The first kappa shape index (κ1) is 12.8. The topological polar surface area (TPSA) is 98.5 Å². The fraction of sp³-hybridized carbons (Fsp3) is 0.818. The van der Waals surface area contributed by atoms with Crippen LogP contribution in [0.15, 0.2) is 0 Å². The molecule has 0 aromatic heterocycles. The Labute approximate surface area is 104 Å². The number of nitrogens with zero attached hydrogens (tertiary/aromatic N) is 1. The van der Waals surface area contributed by atoms with Crippen LogP contribution in [0.5, 0.6) is 0 Å². The van der Waals surface area contributed by atoms with E-state index in [1.807, 2.05) is 0 Å². The molecule has 2 aliphatic rings. The van der Waals surface area contributed by atoms with Gasteiger partial charge < -0.3 is 10.1 Å². The van der Waals surface area contributed by atoms with Gasteiger partial charge >= 0.3 is 11.5 Å². The van der Waals surface area contributed by atoms with Crippen molar-refractivity contribution in [3.8, 4) is 0 Å². The number of hydrogen-bond donors (Lipinski definition) is 1. The summed E-state index contributed by atoms with van der Waals surface area (Å²) < 4.78 is 5.16. The minimum Gasteiger partial charge on any atom is -0.458 e. The number of rotatable bonds is 2. The molecule has 7 heteroatoms. The molecular weight excluding hydrogens is 240 g/mol. The van der Waals surface area contributed by atoms with E-state index in [2.05, 4.69) is 5.32 Å². The zero-order valence-electron chi connectivity index (χ0n) is 10.6. The van der Waals surface area contributed by atoms with Crippen molar-refractivity contribution in [3.05, 3.63) is 10.1 Å². The Balaban J connectivity index is 2.04. The van der Waals surface area contributed by atoms with Crippen molar-refractivity contribution in [2.45, 2.75) is 50.8 Å². The minimum atomic E-state index is -1.49. The van der Waals surface area contributed by atoms with Crippen molar-refractivity contribution in [1.82, 2.24) is 5.32 Å². The lowest BCUT2D eigenvalue weighted by molar-refractivity contribution is -0.527. The van der Waals surface area contributed by atoms with Gasteiger partial charge in [-0.25, -0.2) is 4.79 Å². The first-order chi connectivity index (χ1) is 8.17. The van der Waals surface area contributed by atoms with Crippen LogP contribution in [0.1, 0.15) is 33.6 Å². The third kappa shape index (κ3) is 1.93. The van der Waals surface area contributed by atoms with Crippen molar-refractivity contribution in [3.63, 3.8) is 0 Å². The molecule has 2 fully saturated rings. The van der Waals surface area contributed by atoms with Gasteiger partial charge in [0.05, 0.1) is 0 Å². The van der Waals surface area contributed by atoms with E-state index in [-0.39, 0.29) is 18.8 Å². The van der Waals surface area contributed by atoms with Gasteiger partial charge in [0.25, 0.3) is 5.91 Å². The number of ether oxygens (including phenoxy) is 1. The molecule has 1 aliphatic carbocycles. The quantitative estimate of drug-likeness (QED) is 0.434. The highest BCUT2D eigenvalue weighted by Crippen LogP contribution is 2.51. The molecule has 1 amide bonds. The summed E-state index contributed by atoms with van der Waals surface area (Å²) in [6.45, 7) is 5.19. The first-order valence-electron chi connectivity index (χ1n) is 5.85. The Bertz CT molecular complexity index is 428. The molecule has 0 spiro atoms. The first-order valence-corrected chi connectivity index (χ1v) is 5.85. The second-order valence-electron chi connectivity index (χ2n) is 5.88. The molecule has 100 valence electrons. The second kappa shape index (κ2) is 3.66. The molecule has 0 radical (unpaired) electrons. The summed E-state index contributed by atoms with van der Waals surface area (Å²) in [7, 11) is 0. The van der Waals surface area contributed by atoms with Crippen LogP contribution in [0.4, 0.5) is 0 Å². The summed E-state index contributed by atoms with van der Waals surface area (Å²) >= 11 is 0. The Morgan fingerprint density at radius 1 is 1.56 bits per heavy atom. The molecule has 0 aromatic rings. The van der Waals surface area contributed by atoms with E-state index >= 15 is 0 Å². The van der Waals surface area contributed by atoms with Crippen LogP contribution in [0, 0.1) is 16.0 Å². The number of esters is 1. The van der Waals surface area contributed by atoms with Crippen LogP contribution >= 0.6 is 0 Å². The van der Waals surface area contributed by atoms with Gasteiger partial charge in [-0.15, -0.1) is 0 Å². The summed E-state index contributed by atoms with van der Waals surface area (Å²) in [5.41, 5.74) is -2.12. The van der Waals surface area contributed by atoms with Gasteiger partial charge in [0.2, 0.25) is 0 Å². The molecule has 2 rings (SSSR count). The molecule has 1 N–H and O–H groups in total. The molecule has 1 saturated heterocycles. The van der Waals surface area contributed by atoms with Crippen molar-refractivity contribution in [2.75, 3.05) is 0 Å². The molecule has 1 aliphatic heterocycles. The van der Waals surface area contributed by atoms with Gasteiger partial charge in [-0.3, -0.25) is 14.9 Å². The smallest absolute Gasteiger partial charge is 0.329 e. The van der Waals surface area contributed by atoms with Gasteiger partial charge in [-0.05, 0) is 27.2 Å². The average molecular weight is 256 g/mol. The second-order valence-corrected chi connectivity index (χ2v) is 5.88. The highest BCUT2D eigenvalue weighted by molar-refractivity contribution is 5.94. The summed E-state index contributed by atoms with van der Waals surface area (Å²) in [5.74, 6) is -1.54. The van der Waals surface area contributed by atoms with Gasteiger partial charge in [0.15, 0.2) is 0 Å². The molecule has 7 nitrogen and oxygen atoms in total. The van der Waals surface area contributed by atoms with Gasteiger partial charge in [-0.1, -0.05) is 0 Å². The van der Waals surface area contributed by atoms with Crippen LogP contribution in [-0.2, 0) is 14.3 Å². The van der Waals surface area contributed by atoms with Crippen molar-refractivity contribution in [1.29, 1.82) is 0 Å². The lowest BCUT2D eigenvalue weighted by Gasteiger charge is -2.27. The van der Waals surface area contributed by atoms with E-state index < -0.39 is 34.0 Å². The van der Waals surface area contributed by atoms with Crippen LogP contribution < -0.4 is 5.32 Å². The Hall–Kier alpha value is -1.66. The van der Waals surface area contributed by atoms with E-state index in [0.29, 0.717) is 0 Å². The fourth-order valence-electron chi connectivity index (χ4n) is 2.33. The van der Waals surface area contributed by atoms with Crippen LogP contribution in [0.3, 0.4) is 0 Å². The lowest BCUT2D eigenvalue weighted by Crippen LogP contribution is -2.55. The number of piperidine rings is 1. The third-order valence-corrected chi connectivity index (χ3v) is 3.31. The SMILES string of the molecule is CC(C)(C)OC(=O)[C@H]1C[C@@H]2C[C@]2([N+](=O)[O-])C(=O)N1. The Morgan fingerprint density at radius 2 is 2.17 bits per heavy atom. The van der Waals surface area contributed by atoms with E-state index in [1.165, 1.54) is 0 Å². The van der Waals surface area contributed by atoms with Crippen LogP contribution in [0.2, 0.25) is 0 Å². The predicted octanol–water partition coefficient (Wildman–Crippen LogP) is 0.252. The van der Waals surface area contributed by atoms with Crippen LogP contribution in [0.25, 0.3) is 0 Å². The molecule has 0 unspecified atom stereocenters. The summed E-state index contributed by atoms with van der Waals surface area (Å²) in [6.07, 6.45) is 0.493. The molecule has 3 atom stereocenters. The maximum Gasteiger partial charge on any atom is 0.329 e. The van der Waals surface area contributed by atoms with Crippen molar-refractivity contribution in [2.24, 2.45) is 5.92 Å². The standard InChI is InChI=1S/C11H16N2O5/c1-10(2,3)18-8(14)7-4-6-5-11(6,13(16)17)9(15)12-7/h6-7H,4-5H2,1-3H3,(H,12,15)/t6-,7-,11-/m1/s1. The highest BCUT2D eigenvalue weighted by Gasteiger charge is 2.74. The number of amides is 1. The number of carbonyl (C=O) groups excluding carboxylic acids is 2. The minimum absolute atomic E-state index is 0.213. The Morgan fingerprint density at radius 3 is 2.61 bits per heavy atom. The van der Waals surface area contributed by atoms with Crippen molar-refractivity contribution >= 4 is 11.9 Å². The molecule has 1 saturated carbocycles. The maximum absolute atomic E-state index is 11.8. The zero-order valence-corrected chi connectivity index (χ0v) is 10.6. The summed E-state index contributed by atoms with van der Waals surface area (Å²) in [5, 5.41) is 13.3. The molecule has 1 heterocycles. The molecule has 18 heavy (non-hydrogen) atoms. The lowest BCUT2D eigenvalue weighted by atomic mass is 10.0. The number of nitrogens with one attached hydrogen (secondary N) is 1. The number of fused-ring (bicyclic) bond motifs is 1. The molecule has 0 aromatic carbocycles. The zero-order chi connectivity index (χ0) is 13.7. The van der Waals surface area contributed by atoms with E-state index in [4.69, 9.17) is 4.74 Å². The van der Waals surface area contributed by atoms with E-state index in [1.54, 1.807) is 20.8 Å². The summed E-state index contributed by atoms with van der Waals surface area (Å²) in [6, 6.07) is -0.766. The van der Waals surface area contributed by atoms with Gasteiger partial charge in [0.1, 0.15) is 11.6 Å². The largest absolute Gasteiger partial charge is 0.458 e. The average Bonchev–Trinajstić information content (AvgIpc) is 2.90. The number of nitro groups is 1. The fourth-order valence-corrected chi connectivity index (χ4v) is 2.33.